The Labute approximate surface area is 158 Å². The van der Waals surface area contributed by atoms with Crippen LogP contribution in [-0.2, 0) is 12.6 Å². The lowest BCUT2D eigenvalue weighted by Gasteiger charge is -2.21. The molecule has 1 N–H and O–H groups in total. The van der Waals surface area contributed by atoms with Crippen LogP contribution in [-0.4, -0.2) is 23.3 Å². The molecule has 0 radical (unpaired) electrons. The summed E-state index contributed by atoms with van der Waals surface area (Å²) < 4.78 is 37.9. The molecular weight excluding hydrogens is 379 g/mol. The van der Waals surface area contributed by atoms with E-state index >= 15 is 0 Å². The smallest absolute Gasteiger partial charge is 0.306 e. The van der Waals surface area contributed by atoms with Gasteiger partial charge in [-0.05, 0) is 54.8 Å². The van der Waals surface area contributed by atoms with Gasteiger partial charge in [0.25, 0.3) is 0 Å². The molecule has 0 bridgehead atoms. The Bertz CT molecular complexity index is 925. The molecule has 0 saturated carbocycles. The lowest BCUT2D eigenvalue weighted by atomic mass is 9.83. The number of anilines is 1. The van der Waals surface area contributed by atoms with E-state index in [9.17, 15) is 18.0 Å². The van der Waals surface area contributed by atoms with E-state index in [1.807, 2.05) is 12.1 Å². The van der Waals surface area contributed by atoms with E-state index in [-0.39, 0.29) is 11.6 Å². The predicted octanol–water partition coefficient (Wildman–Crippen LogP) is 5.17. The number of halogens is 4. The molecule has 1 unspecified atom stereocenters. The number of nitrogens with zero attached hydrogens (tertiary/aromatic N) is 2. The average Bonchev–Trinajstić information content (AvgIpc) is 3.06. The van der Waals surface area contributed by atoms with Gasteiger partial charge in [-0.3, -0.25) is 0 Å². The normalized spacial score (nSPS) is 18.6. The highest BCUT2D eigenvalue weighted by molar-refractivity contribution is 6.30. The standard InChI is InChI=1S/C19H15ClF3N3O/c20-14-5-8-16-11(9-14)1-2-12-10-26(25-17(12)16)18(27)24-15-6-3-13(4-7-15)19(21,22)23/h3-9,12H,1-2,10H2,(H,24,27). The van der Waals surface area contributed by atoms with Crippen molar-refractivity contribution in [2.75, 3.05) is 11.9 Å². The molecule has 1 heterocycles. The van der Waals surface area contributed by atoms with Gasteiger partial charge in [0.1, 0.15) is 0 Å². The molecule has 0 spiro atoms. The van der Waals surface area contributed by atoms with Gasteiger partial charge in [-0.1, -0.05) is 17.7 Å². The molecular formula is C19H15ClF3N3O. The Balaban J connectivity index is 1.50. The van der Waals surface area contributed by atoms with Crippen LogP contribution in [0.5, 0.6) is 0 Å². The molecule has 4 nitrogen and oxygen atoms in total. The molecule has 2 aromatic carbocycles. The summed E-state index contributed by atoms with van der Waals surface area (Å²) in [5, 5.41) is 9.05. The van der Waals surface area contributed by atoms with E-state index in [0.29, 0.717) is 11.6 Å². The van der Waals surface area contributed by atoms with Gasteiger partial charge in [0.05, 0.1) is 17.8 Å². The largest absolute Gasteiger partial charge is 0.416 e. The van der Waals surface area contributed by atoms with E-state index in [2.05, 4.69) is 10.4 Å². The van der Waals surface area contributed by atoms with Gasteiger partial charge in [-0.25, -0.2) is 9.80 Å². The second-order valence-corrected chi connectivity index (χ2v) is 7.05. The van der Waals surface area contributed by atoms with Gasteiger partial charge in [0.15, 0.2) is 0 Å². The number of urea groups is 1. The molecule has 0 saturated heterocycles. The summed E-state index contributed by atoms with van der Waals surface area (Å²) in [6.45, 7) is 0.448. The molecule has 0 fully saturated rings. The molecule has 1 aliphatic carbocycles. The zero-order valence-electron chi connectivity index (χ0n) is 14.1. The van der Waals surface area contributed by atoms with Crippen molar-refractivity contribution in [2.24, 2.45) is 11.0 Å². The highest BCUT2D eigenvalue weighted by Gasteiger charge is 2.35. The number of carbonyl (C=O) groups is 1. The van der Waals surface area contributed by atoms with Crippen LogP contribution in [0.15, 0.2) is 47.6 Å². The number of fused-ring (bicyclic) bond motifs is 3. The van der Waals surface area contributed by atoms with Crippen molar-refractivity contribution in [1.82, 2.24) is 5.01 Å². The van der Waals surface area contributed by atoms with Gasteiger partial charge < -0.3 is 5.32 Å². The van der Waals surface area contributed by atoms with Gasteiger partial charge in [-0.2, -0.15) is 18.3 Å². The van der Waals surface area contributed by atoms with Crippen LogP contribution in [0.3, 0.4) is 0 Å². The summed E-state index contributed by atoms with van der Waals surface area (Å²) in [4.78, 5) is 12.5. The van der Waals surface area contributed by atoms with Gasteiger partial charge in [-0.15, -0.1) is 0 Å². The first-order valence-electron chi connectivity index (χ1n) is 8.44. The van der Waals surface area contributed by atoms with Gasteiger partial charge in [0, 0.05) is 22.2 Å². The first kappa shape index (κ1) is 17.9. The number of amides is 2. The Kier molecular flexibility index (Phi) is 4.34. The van der Waals surface area contributed by atoms with Crippen molar-refractivity contribution < 1.29 is 18.0 Å². The summed E-state index contributed by atoms with van der Waals surface area (Å²) in [5.74, 6) is 0.150. The number of alkyl halides is 3. The molecule has 27 heavy (non-hydrogen) atoms. The highest BCUT2D eigenvalue weighted by atomic mass is 35.5. The van der Waals surface area contributed by atoms with Crippen LogP contribution < -0.4 is 5.32 Å². The van der Waals surface area contributed by atoms with Crippen molar-refractivity contribution >= 4 is 29.0 Å². The summed E-state index contributed by atoms with van der Waals surface area (Å²) in [7, 11) is 0. The molecule has 1 atom stereocenters. The van der Waals surface area contributed by atoms with Crippen LogP contribution >= 0.6 is 11.6 Å². The Morgan fingerprint density at radius 1 is 1.19 bits per heavy atom. The maximum absolute atomic E-state index is 12.6. The van der Waals surface area contributed by atoms with Gasteiger partial charge >= 0.3 is 12.2 Å². The van der Waals surface area contributed by atoms with Crippen LogP contribution in [0.4, 0.5) is 23.7 Å². The van der Waals surface area contributed by atoms with Crippen molar-refractivity contribution in [3.63, 3.8) is 0 Å². The minimum Gasteiger partial charge on any atom is -0.306 e. The van der Waals surface area contributed by atoms with Crippen LogP contribution in [0, 0.1) is 5.92 Å². The van der Waals surface area contributed by atoms with Crippen molar-refractivity contribution in [1.29, 1.82) is 0 Å². The fourth-order valence-corrected chi connectivity index (χ4v) is 3.65. The quantitative estimate of drug-likeness (QED) is 0.713. The van der Waals surface area contributed by atoms with Gasteiger partial charge in [0.2, 0.25) is 0 Å². The molecule has 2 aliphatic rings. The summed E-state index contributed by atoms with van der Waals surface area (Å²) in [5.41, 5.74) is 2.50. The Hall–Kier alpha value is -2.54. The topological polar surface area (TPSA) is 44.7 Å². The lowest BCUT2D eigenvalue weighted by molar-refractivity contribution is -0.137. The number of rotatable bonds is 1. The number of hydrazone groups is 1. The van der Waals surface area contributed by atoms with Crippen LogP contribution in [0.25, 0.3) is 0 Å². The second kappa shape index (κ2) is 6.56. The fraction of sp³-hybridized carbons (Fsp3) is 0.263. The second-order valence-electron chi connectivity index (χ2n) is 6.61. The number of nitrogens with one attached hydrogen (secondary N) is 1. The summed E-state index contributed by atoms with van der Waals surface area (Å²) >= 11 is 6.04. The Morgan fingerprint density at radius 2 is 1.93 bits per heavy atom. The molecule has 4 rings (SSSR count). The van der Waals surface area contributed by atoms with E-state index in [4.69, 9.17) is 11.6 Å². The minimum atomic E-state index is -4.41. The molecule has 2 aromatic rings. The SMILES string of the molecule is O=C(Nc1ccc(C(F)(F)F)cc1)N1CC2CCc3cc(Cl)ccc3C2=N1. The first-order chi connectivity index (χ1) is 12.8. The monoisotopic (exact) mass is 393 g/mol. The van der Waals surface area contributed by atoms with E-state index in [0.717, 1.165) is 41.8 Å². The van der Waals surface area contributed by atoms with E-state index in [1.165, 1.54) is 17.1 Å². The maximum atomic E-state index is 12.6. The van der Waals surface area contributed by atoms with Crippen molar-refractivity contribution in [3.8, 4) is 0 Å². The number of aryl methyl sites for hydroxylation is 1. The predicted molar refractivity (Wildman–Crippen MR) is 97.0 cm³/mol. The number of hydrogen-bond donors (Lipinski definition) is 1. The van der Waals surface area contributed by atoms with Crippen LogP contribution in [0.1, 0.15) is 23.1 Å². The molecule has 2 amide bonds. The number of benzene rings is 2. The van der Waals surface area contributed by atoms with E-state index in [1.54, 1.807) is 6.07 Å². The Morgan fingerprint density at radius 3 is 2.63 bits per heavy atom. The summed E-state index contributed by atoms with van der Waals surface area (Å²) in [6, 6.07) is 9.50. The zero-order chi connectivity index (χ0) is 19.2. The lowest BCUT2D eigenvalue weighted by Crippen LogP contribution is -2.31. The van der Waals surface area contributed by atoms with Crippen molar-refractivity contribution in [3.05, 3.63) is 64.2 Å². The number of hydrogen-bond acceptors (Lipinski definition) is 2. The summed E-state index contributed by atoms with van der Waals surface area (Å²) in [6.07, 6.45) is -2.67. The number of carbonyl (C=O) groups excluding carboxylic acids is 1. The highest BCUT2D eigenvalue weighted by Crippen LogP contribution is 2.33. The first-order valence-corrected chi connectivity index (χ1v) is 8.82. The molecule has 8 heteroatoms. The molecule has 0 aromatic heterocycles. The minimum absolute atomic E-state index is 0.150. The average molecular weight is 394 g/mol. The maximum Gasteiger partial charge on any atom is 0.416 e. The zero-order valence-corrected chi connectivity index (χ0v) is 14.8. The third kappa shape index (κ3) is 3.51. The molecule has 1 aliphatic heterocycles. The third-order valence-corrected chi connectivity index (χ3v) is 5.05. The van der Waals surface area contributed by atoms with Crippen molar-refractivity contribution in [2.45, 2.75) is 19.0 Å². The third-order valence-electron chi connectivity index (χ3n) is 4.81. The fourth-order valence-electron chi connectivity index (χ4n) is 3.46. The van der Waals surface area contributed by atoms with E-state index < -0.39 is 17.8 Å². The van der Waals surface area contributed by atoms with Crippen LogP contribution in [0.2, 0.25) is 5.02 Å². The molecule has 140 valence electrons.